The third-order valence-electron chi connectivity index (χ3n) is 2.00. The number of hydrogen-bond acceptors (Lipinski definition) is 7. The number of aliphatic hydroxyl groups excluding tert-OH is 1. The first-order valence-corrected chi connectivity index (χ1v) is 4.91. The normalized spacial score (nSPS) is 12.3. The molecule has 9 nitrogen and oxygen atoms in total. The number of nitro benzene ring substituents is 1. The zero-order valence-corrected chi connectivity index (χ0v) is 9.77. The van der Waals surface area contributed by atoms with E-state index in [1.165, 1.54) is 6.92 Å². The zero-order chi connectivity index (χ0) is 14.6. The van der Waals surface area contributed by atoms with Crippen molar-refractivity contribution in [1.29, 1.82) is 0 Å². The lowest BCUT2D eigenvalue weighted by Crippen LogP contribution is -2.13. The molecule has 0 radical (unpaired) electrons. The van der Waals surface area contributed by atoms with Crippen LogP contribution in [0.25, 0.3) is 0 Å². The number of allylic oxidation sites excluding steroid dienone is 1. The van der Waals surface area contributed by atoms with Crippen molar-refractivity contribution in [3.05, 3.63) is 39.8 Å². The van der Waals surface area contributed by atoms with Crippen LogP contribution >= 0.6 is 0 Å². The number of hydrogen-bond donors (Lipinski definition) is 3. The van der Waals surface area contributed by atoms with Crippen LogP contribution in [0.5, 0.6) is 5.75 Å². The summed E-state index contributed by atoms with van der Waals surface area (Å²) in [5, 5.41) is 35.9. The molecule has 4 N–H and O–H groups in total. The van der Waals surface area contributed by atoms with Crippen molar-refractivity contribution >= 4 is 17.3 Å². The monoisotopic (exact) mass is 266 g/mol. The number of amides is 1. The predicted octanol–water partition coefficient (Wildman–Crippen LogP) is 1.66. The van der Waals surface area contributed by atoms with E-state index in [0.717, 1.165) is 18.2 Å². The molecule has 100 valence electrons. The molecule has 1 aromatic carbocycles. The number of benzene rings is 1. The standard InChI is InChI=1S/C10H10N4O5/c1-5(15)9(10(11)17)13-12-7-4-6(14(18)19)2-3-8(7)16/h2-4,15-16H,1H3,(H2,11,17)/b9-5-,13-12?. The number of non-ortho nitro benzene ring substituents is 1. The summed E-state index contributed by atoms with van der Waals surface area (Å²) in [6.45, 7) is 1.17. The third kappa shape index (κ3) is 3.49. The van der Waals surface area contributed by atoms with Gasteiger partial charge in [0, 0.05) is 12.1 Å². The molecule has 0 heterocycles. The Labute approximate surface area is 106 Å². The van der Waals surface area contributed by atoms with Crippen LogP contribution in [0.3, 0.4) is 0 Å². The number of carbonyl (C=O) groups is 1. The van der Waals surface area contributed by atoms with Crippen molar-refractivity contribution in [2.24, 2.45) is 16.0 Å². The summed E-state index contributed by atoms with van der Waals surface area (Å²) < 4.78 is 0. The van der Waals surface area contributed by atoms with Gasteiger partial charge in [-0.1, -0.05) is 0 Å². The molecular formula is C10H10N4O5. The average molecular weight is 266 g/mol. The smallest absolute Gasteiger partial charge is 0.272 e. The molecule has 1 aromatic rings. The fourth-order valence-electron chi connectivity index (χ4n) is 1.11. The lowest BCUT2D eigenvalue weighted by molar-refractivity contribution is -0.384. The molecule has 19 heavy (non-hydrogen) atoms. The Bertz CT molecular complexity index is 590. The number of aliphatic hydroxyl groups is 1. The van der Waals surface area contributed by atoms with Gasteiger partial charge in [-0.2, -0.15) is 0 Å². The highest BCUT2D eigenvalue weighted by Crippen LogP contribution is 2.31. The van der Waals surface area contributed by atoms with Crippen LogP contribution in [0.4, 0.5) is 11.4 Å². The van der Waals surface area contributed by atoms with Crippen LogP contribution in [0, 0.1) is 10.1 Å². The zero-order valence-electron chi connectivity index (χ0n) is 9.77. The van der Waals surface area contributed by atoms with Gasteiger partial charge in [0.2, 0.25) is 0 Å². The molecule has 0 spiro atoms. The lowest BCUT2D eigenvalue weighted by Gasteiger charge is -1.99. The van der Waals surface area contributed by atoms with Crippen molar-refractivity contribution in [1.82, 2.24) is 0 Å². The van der Waals surface area contributed by atoms with Crippen LogP contribution < -0.4 is 5.73 Å². The first-order valence-electron chi connectivity index (χ1n) is 4.91. The van der Waals surface area contributed by atoms with Gasteiger partial charge in [-0.3, -0.25) is 14.9 Å². The maximum Gasteiger partial charge on any atom is 0.272 e. The van der Waals surface area contributed by atoms with Gasteiger partial charge in [0.05, 0.1) is 4.92 Å². The molecule has 9 heteroatoms. The molecule has 0 fully saturated rings. The molecule has 0 unspecified atom stereocenters. The number of carbonyl (C=O) groups excluding carboxylic acids is 1. The van der Waals surface area contributed by atoms with E-state index < -0.39 is 22.3 Å². The predicted molar refractivity (Wildman–Crippen MR) is 63.8 cm³/mol. The number of azo groups is 1. The van der Waals surface area contributed by atoms with E-state index in [1.807, 2.05) is 0 Å². The molecule has 1 rings (SSSR count). The van der Waals surface area contributed by atoms with Crippen LogP contribution in [-0.4, -0.2) is 21.0 Å². The Balaban J connectivity index is 3.18. The van der Waals surface area contributed by atoms with Gasteiger partial charge in [0.1, 0.15) is 17.2 Å². The fraction of sp³-hybridized carbons (Fsp3) is 0.100. The number of rotatable bonds is 4. The number of nitrogens with zero attached hydrogens (tertiary/aromatic N) is 3. The highest BCUT2D eigenvalue weighted by Gasteiger charge is 2.12. The van der Waals surface area contributed by atoms with Crippen LogP contribution in [-0.2, 0) is 4.79 Å². The summed E-state index contributed by atoms with van der Waals surface area (Å²) in [6.07, 6.45) is 0. The SMILES string of the molecule is C/C(O)=C(/N=Nc1cc([N+](=O)[O-])ccc1O)C(N)=O. The molecule has 0 aliphatic heterocycles. The lowest BCUT2D eigenvalue weighted by atomic mass is 10.2. The van der Waals surface area contributed by atoms with Gasteiger partial charge in [-0.15, -0.1) is 10.2 Å². The van der Waals surface area contributed by atoms with Crippen LogP contribution in [0.15, 0.2) is 39.9 Å². The number of primary amides is 1. The van der Waals surface area contributed by atoms with Crippen molar-refractivity contribution in [3.8, 4) is 5.75 Å². The highest BCUT2D eigenvalue weighted by molar-refractivity contribution is 5.91. The molecule has 0 saturated carbocycles. The van der Waals surface area contributed by atoms with E-state index in [4.69, 9.17) is 10.8 Å². The molecule has 0 atom stereocenters. The Kier molecular flexibility index (Phi) is 4.14. The van der Waals surface area contributed by atoms with Crippen LogP contribution in [0.2, 0.25) is 0 Å². The largest absolute Gasteiger partial charge is 0.510 e. The van der Waals surface area contributed by atoms with E-state index >= 15 is 0 Å². The maximum atomic E-state index is 10.9. The van der Waals surface area contributed by atoms with Gasteiger partial charge >= 0.3 is 0 Å². The van der Waals surface area contributed by atoms with Gasteiger partial charge in [-0.25, -0.2) is 0 Å². The minimum Gasteiger partial charge on any atom is -0.510 e. The number of phenols is 1. The van der Waals surface area contributed by atoms with Gasteiger partial charge in [-0.05, 0) is 13.0 Å². The second-order valence-electron chi connectivity index (χ2n) is 3.43. The second-order valence-corrected chi connectivity index (χ2v) is 3.43. The molecule has 1 amide bonds. The van der Waals surface area contributed by atoms with Crippen molar-refractivity contribution in [2.45, 2.75) is 6.92 Å². The number of nitro groups is 1. The molecule has 0 bridgehead atoms. The second kappa shape index (κ2) is 5.58. The topological polar surface area (TPSA) is 151 Å². The molecule has 0 saturated heterocycles. The van der Waals surface area contributed by atoms with Crippen molar-refractivity contribution in [3.63, 3.8) is 0 Å². The molecule has 0 aliphatic rings. The molecule has 0 aliphatic carbocycles. The number of nitrogens with two attached hydrogens (primary N) is 1. The summed E-state index contributed by atoms with van der Waals surface area (Å²) in [5.41, 5.74) is 3.89. The first-order chi connectivity index (χ1) is 8.82. The van der Waals surface area contributed by atoms with E-state index in [2.05, 4.69) is 10.2 Å². The average Bonchev–Trinajstić information content (AvgIpc) is 2.30. The van der Waals surface area contributed by atoms with Gasteiger partial charge in [0.25, 0.3) is 11.6 Å². The van der Waals surface area contributed by atoms with Crippen molar-refractivity contribution in [2.75, 3.05) is 0 Å². The Morgan fingerprint density at radius 3 is 2.58 bits per heavy atom. The van der Waals surface area contributed by atoms with Gasteiger partial charge < -0.3 is 15.9 Å². The Morgan fingerprint density at radius 2 is 2.11 bits per heavy atom. The van der Waals surface area contributed by atoms with Crippen LogP contribution in [0.1, 0.15) is 6.92 Å². The molecule has 0 aromatic heterocycles. The van der Waals surface area contributed by atoms with Crippen molar-refractivity contribution < 1.29 is 19.9 Å². The van der Waals surface area contributed by atoms with E-state index in [1.54, 1.807) is 0 Å². The summed E-state index contributed by atoms with van der Waals surface area (Å²) in [4.78, 5) is 20.8. The highest BCUT2D eigenvalue weighted by atomic mass is 16.6. The third-order valence-corrected chi connectivity index (χ3v) is 2.00. The van der Waals surface area contributed by atoms with Gasteiger partial charge in [0.15, 0.2) is 5.70 Å². The molecular weight excluding hydrogens is 256 g/mol. The summed E-state index contributed by atoms with van der Waals surface area (Å²) in [5.74, 6) is -1.84. The quantitative estimate of drug-likeness (QED) is 0.249. The Hall–Kier alpha value is -2.97. The summed E-state index contributed by atoms with van der Waals surface area (Å²) >= 11 is 0. The summed E-state index contributed by atoms with van der Waals surface area (Å²) in [7, 11) is 0. The first kappa shape index (κ1) is 14.1. The minimum absolute atomic E-state index is 0.228. The van der Waals surface area contributed by atoms with E-state index in [-0.39, 0.29) is 17.1 Å². The van der Waals surface area contributed by atoms with E-state index in [9.17, 15) is 20.0 Å². The fourth-order valence-corrected chi connectivity index (χ4v) is 1.11. The van der Waals surface area contributed by atoms with E-state index in [0.29, 0.717) is 0 Å². The Morgan fingerprint density at radius 1 is 1.47 bits per heavy atom. The summed E-state index contributed by atoms with van der Waals surface area (Å²) in [6, 6.07) is 3.10. The maximum absolute atomic E-state index is 10.9. The number of aromatic hydroxyl groups is 1. The minimum atomic E-state index is -1.02. The number of phenolic OH excluding ortho intramolecular Hbond substituents is 1.